The molecular formula is C15H24O3. The third-order valence-corrected chi connectivity index (χ3v) is 2.46. The maximum absolute atomic E-state index is 10.4. The summed E-state index contributed by atoms with van der Waals surface area (Å²) in [7, 11) is 0. The van der Waals surface area contributed by atoms with Crippen molar-refractivity contribution in [2.45, 2.75) is 53.1 Å². The molecule has 0 spiro atoms. The quantitative estimate of drug-likeness (QED) is 0.539. The van der Waals surface area contributed by atoms with Gasteiger partial charge in [0, 0.05) is 6.08 Å². The summed E-state index contributed by atoms with van der Waals surface area (Å²) in [6.45, 7) is 7.72. The Hall–Kier alpha value is -1.35. The second kappa shape index (κ2) is 8.70. The molecule has 0 aromatic carbocycles. The minimum absolute atomic E-state index is 0.429. The number of aliphatic carboxylic acids is 1. The van der Waals surface area contributed by atoms with E-state index < -0.39 is 12.1 Å². The van der Waals surface area contributed by atoms with Crippen molar-refractivity contribution in [3.63, 3.8) is 0 Å². The average molecular weight is 252 g/mol. The minimum Gasteiger partial charge on any atom is -0.478 e. The van der Waals surface area contributed by atoms with E-state index in [-0.39, 0.29) is 0 Å². The minimum atomic E-state index is -0.896. The van der Waals surface area contributed by atoms with E-state index in [4.69, 9.17) is 5.11 Å². The van der Waals surface area contributed by atoms with Gasteiger partial charge in [-0.15, -0.1) is 0 Å². The van der Waals surface area contributed by atoms with Crippen LogP contribution in [0.2, 0.25) is 0 Å². The Labute approximate surface area is 110 Å². The van der Waals surface area contributed by atoms with Gasteiger partial charge in [-0.1, -0.05) is 28.9 Å². The van der Waals surface area contributed by atoms with Gasteiger partial charge in [-0.3, -0.25) is 0 Å². The predicted molar refractivity (Wildman–Crippen MR) is 74.4 cm³/mol. The number of carboxylic acids is 1. The Morgan fingerprint density at radius 3 is 2.28 bits per heavy atom. The normalized spacial score (nSPS) is 14.3. The lowest BCUT2D eigenvalue weighted by Crippen LogP contribution is -2.03. The number of carbonyl (C=O) groups is 1. The van der Waals surface area contributed by atoms with Crippen LogP contribution in [0, 0.1) is 0 Å². The molecule has 2 N–H and O–H groups in total. The van der Waals surface area contributed by atoms with Gasteiger partial charge in [0.05, 0.1) is 6.10 Å². The van der Waals surface area contributed by atoms with Gasteiger partial charge in [0.25, 0.3) is 0 Å². The third kappa shape index (κ3) is 9.85. The lowest BCUT2D eigenvalue weighted by molar-refractivity contribution is -0.131. The number of hydrogen-bond acceptors (Lipinski definition) is 2. The summed E-state index contributed by atoms with van der Waals surface area (Å²) >= 11 is 0. The van der Waals surface area contributed by atoms with Crippen molar-refractivity contribution in [1.82, 2.24) is 0 Å². The first-order valence-corrected chi connectivity index (χ1v) is 6.20. The second-order valence-corrected chi connectivity index (χ2v) is 4.93. The zero-order valence-corrected chi connectivity index (χ0v) is 11.7. The van der Waals surface area contributed by atoms with Crippen molar-refractivity contribution in [3.05, 3.63) is 34.9 Å². The fourth-order valence-corrected chi connectivity index (χ4v) is 1.69. The highest BCUT2D eigenvalue weighted by Gasteiger charge is 2.01. The highest BCUT2D eigenvalue weighted by Crippen LogP contribution is 2.11. The Balaban J connectivity index is 4.13. The molecule has 3 nitrogen and oxygen atoms in total. The van der Waals surface area contributed by atoms with Gasteiger partial charge in [-0.2, -0.15) is 0 Å². The maximum Gasteiger partial charge on any atom is 0.328 e. The molecular weight excluding hydrogens is 228 g/mol. The predicted octanol–water partition coefficient (Wildman–Crippen LogP) is 3.46. The molecule has 0 saturated carbocycles. The van der Waals surface area contributed by atoms with Crippen LogP contribution in [0.5, 0.6) is 0 Å². The van der Waals surface area contributed by atoms with Crippen molar-refractivity contribution >= 4 is 5.97 Å². The summed E-state index contributed by atoms with van der Waals surface area (Å²) in [4.78, 5) is 10.4. The molecule has 0 aliphatic carbocycles. The zero-order chi connectivity index (χ0) is 14.1. The van der Waals surface area contributed by atoms with E-state index in [1.54, 1.807) is 0 Å². The Morgan fingerprint density at radius 1 is 1.17 bits per heavy atom. The van der Waals surface area contributed by atoms with Crippen molar-refractivity contribution in [2.24, 2.45) is 0 Å². The molecule has 0 aromatic heterocycles. The molecule has 102 valence electrons. The number of aliphatic hydroxyl groups excluding tert-OH is 1. The number of rotatable bonds is 7. The van der Waals surface area contributed by atoms with E-state index in [1.807, 2.05) is 33.8 Å². The van der Waals surface area contributed by atoms with Crippen molar-refractivity contribution in [3.8, 4) is 0 Å². The molecule has 0 rings (SSSR count). The monoisotopic (exact) mass is 252 g/mol. The van der Waals surface area contributed by atoms with Gasteiger partial charge in [0.1, 0.15) is 0 Å². The van der Waals surface area contributed by atoms with Gasteiger partial charge in [-0.25, -0.2) is 4.79 Å². The third-order valence-electron chi connectivity index (χ3n) is 2.46. The topological polar surface area (TPSA) is 57.5 Å². The standard InChI is InChI=1S/C15H24O3/c1-11(2)8-14(16)9-12(3)6-5-7-13(4)10-15(17)18/h6,8,10,14,16H,5,7,9H2,1-4H3,(H,17,18)/b12-6+,13-10+. The number of hydrogen-bond donors (Lipinski definition) is 2. The summed E-state index contributed by atoms with van der Waals surface area (Å²) in [5.74, 6) is -0.896. The van der Waals surface area contributed by atoms with Gasteiger partial charge < -0.3 is 10.2 Å². The van der Waals surface area contributed by atoms with E-state index in [9.17, 15) is 9.90 Å². The van der Waals surface area contributed by atoms with Crippen LogP contribution in [0.25, 0.3) is 0 Å². The molecule has 0 aromatic rings. The molecule has 0 aliphatic heterocycles. The van der Waals surface area contributed by atoms with E-state index >= 15 is 0 Å². The molecule has 0 saturated heterocycles. The molecule has 0 heterocycles. The van der Waals surface area contributed by atoms with Crippen molar-refractivity contribution in [1.29, 1.82) is 0 Å². The largest absolute Gasteiger partial charge is 0.478 e. The Kier molecular flexibility index (Phi) is 8.05. The first kappa shape index (κ1) is 16.6. The molecule has 0 aliphatic rings. The molecule has 1 atom stereocenters. The van der Waals surface area contributed by atoms with Crippen LogP contribution in [-0.4, -0.2) is 22.3 Å². The summed E-state index contributed by atoms with van der Waals surface area (Å²) < 4.78 is 0. The maximum atomic E-state index is 10.4. The van der Waals surface area contributed by atoms with Crippen LogP contribution in [0.3, 0.4) is 0 Å². The molecule has 3 heteroatoms. The van der Waals surface area contributed by atoms with Crippen LogP contribution in [0.15, 0.2) is 34.9 Å². The smallest absolute Gasteiger partial charge is 0.328 e. The first-order chi connectivity index (χ1) is 8.31. The molecule has 0 bridgehead atoms. The van der Waals surface area contributed by atoms with Crippen molar-refractivity contribution in [2.75, 3.05) is 0 Å². The summed E-state index contributed by atoms with van der Waals surface area (Å²) in [6, 6.07) is 0. The second-order valence-electron chi connectivity index (χ2n) is 4.93. The van der Waals surface area contributed by atoms with Crippen LogP contribution in [0.4, 0.5) is 0 Å². The molecule has 18 heavy (non-hydrogen) atoms. The van der Waals surface area contributed by atoms with Crippen LogP contribution in [0.1, 0.15) is 47.0 Å². The van der Waals surface area contributed by atoms with Crippen LogP contribution in [-0.2, 0) is 4.79 Å². The number of allylic oxidation sites excluding steroid dienone is 3. The molecule has 1 unspecified atom stereocenters. The fourth-order valence-electron chi connectivity index (χ4n) is 1.69. The van der Waals surface area contributed by atoms with E-state index in [0.717, 1.165) is 29.6 Å². The zero-order valence-electron chi connectivity index (χ0n) is 11.7. The highest BCUT2D eigenvalue weighted by atomic mass is 16.4. The fraction of sp³-hybridized carbons (Fsp3) is 0.533. The van der Waals surface area contributed by atoms with Gasteiger partial charge >= 0.3 is 5.97 Å². The average Bonchev–Trinajstić information content (AvgIpc) is 2.13. The van der Waals surface area contributed by atoms with Crippen molar-refractivity contribution < 1.29 is 15.0 Å². The van der Waals surface area contributed by atoms with Crippen LogP contribution >= 0.6 is 0 Å². The van der Waals surface area contributed by atoms with Gasteiger partial charge in [0.15, 0.2) is 0 Å². The SMILES string of the molecule is CC(C)=CC(O)C/C(C)=C/CC/C(C)=C/C(=O)O. The number of aliphatic hydroxyl groups is 1. The molecule has 0 amide bonds. The van der Waals surface area contributed by atoms with Crippen LogP contribution < -0.4 is 0 Å². The molecule has 0 radical (unpaired) electrons. The number of carboxylic acid groups (broad SMARTS) is 1. The van der Waals surface area contributed by atoms with Gasteiger partial charge in [-0.05, 0) is 47.0 Å². The Bertz CT molecular complexity index is 358. The summed E-state index contributed by atoms with van der Waals surface area (Å²) in [5.41, 5.74) is 3.09. The van der Waals surface area contributed by atoms with Gasteiger partial charge in [0.2, 0.25) is 0 Å². The Morgan fingerprint density at radius 2 is 1.78 bits per heavy atom. The van der Waals surface area contributed by atoms with E-state index in [1.165, 1.54) is 6.08 Å². The lowest BCUT2D eigenvalue weighted by atomic mass is 10.0. The summed E-state index contributed by atoms with van der Waals surface area (Å²) in [5, 5.41) is 18.3. The summed E-state index contributed by atoms with van der Waals surface area (Å²) in [6.07, 6.45) is 6.88. The van der Waals surface area contributed by atoms with E-state index in [2.05, 4.69) is 6.08 Å². The van der Waals surface area contributed by atoms with E-state index in [0.29, 0.717) is 6.42 Å². The highest BCUT2D eigenvalue weighted by molar-refractivity contribution is 5.80. The lowest BCUT2D eigenvalue weighted by Gasteiger charge is -2.07. The molecule has 0 fully saturated rings. The first-order valence-electron chi connectivity index (χ1n) is 6.20.